The van der Waals surface area contributed by atoms with Crippen LogP contribution >= 0.6 is 0 Å². The summed E-state index contributed by atoms with van der Waals surface area (Å²) in [6.07, 6.45) is 3.22. The van der Waals surface area contributed by atoms with Crippen molar-refractivity contribution in [1.82, 2.24) is 9.29 Å². The monoisotopic (exact) mass is 243 g/mol. The molecule has 5 nitrogen and oxygen atoms in total. The summed E-state index contributed by atoms with van der Waals surface area (Å²) in [6.45, 7) is 2.23. The van der Waals surface area contributed by atoms with Crippen molar-refractivity contribution in [1.29, 1.82) is 0 Å². The van der Waals surface area contributed by atoms with Crippen molar-refractivity contribution >= 4 is 10.0 Å². The highest BCUT2D eigenvalue weighted by Crippen LogP contribution is 2.12. The maximum absolute atomic E-state index is 11.8. The Kier molecular flexibility index (Phi) is 4.40. The van der Waals surface area contributed by atoms with E-state index in [4.69, 9.17) is 5.73 Å². The van der Waals surface area contributed by atoms with Crippen LogP contribution in [0, 0.1) is 0 Å². The highest BCUT2D eigenvalue weighted by atomic mass is 32.2. The van der Waals surface area contributed by atoms with E-state index in [0.29, 0.717) is 6.54 Å². The van der Waals surface area contributed by atoms with Gasteiger partial charge in [0.25, 0.3) is 0 Å². The molecule has 0 saturated carbocycles. The number of aromatic nitrogens is 1. The smallest absolute Gasteiger partial charge is 0.215 e. The lowest BCUT2D eigenvalue weighted by Crippen LogP contribution is -2.33. The summed E-state index contributed by atoms with van der Waals surface area (Å²) in [7, 11) is -1.73. The minimum Gasteiger partial charge on any atom is -0.323 e. The molecule has 0 aliphatic heterocycles. The van der Waals surface area contributed by atoms with E-state index in [0.717, 1.165) is 5.56 Å². The van der Waals surface area contributed by atoms with Crippen molar-refractivity contribution in [2.24, 2.45) is 5.73 Å². The summed E-state index contributed by atoms with van der Waals surface area (Å²) in [5.74, 6) is -0.0942. The Labute approximate surface area is 96.3 Å². The van der Waals surface area contributed by atoms with Gasteiger partial charge in [-0.15, -0.1) is 0 Å². The summed E-state index contributed by atoms with van der Waals surface area (Å²) in [5.41, 5.74) is 6.56. The molecule has 1 aromatic heterocycles. The molecule has 0 radical (unpaired) electrons. The van der Waals surface area contributed by atoms with Gasteiger partial charge in [-0.1, -0.05) is 13.0 Å². The molecule has 0 bridgehead atoms. The van der Waals surface area contributed by atoms with Crippen molar-refractivity contribution in [2.45, 2.75) is 13.0 Å². The fraction of sp³-hybridized carbons (Fsp3) is 0.500. The van der Waals surface area contributed by atoms with Crippen molar-refractivity contribution in [3.63, 3.8) is 0 Å². The Morgan fingerprint density at radius 3 is 2.75 bits per heavy atom. The molecular weight excluding hydrogens is 226 g/mol. The number of hydrogen-bond acceptors (Lipinski definition) is 4. The molecule has 0 aliphatic rings. The van der Waals surface area contributed by atoms with Gasteiger partial charge in [0.1, 0.15) is 0 Å². The fourth-order valence-corrected chi connectivity index (χ4v) is 2.54. The molecule has 1 atom stereocenters. The number of sulfonamides is 1. The Hall–Kier alpha value is -0.980. The van der Waals surface area contributed by atoms with E-state index in [9.17, 15) is 8.42 Å². The molecule has 0 fully saturated rings. The van der Waals surface area contributed by atoms with E-state index in [1.54, 1.807) is 38.5 Å². The predicted octanol–water partition coefficient (Wildman–Crippen LogP) is 0.363. The molecule has 2 N–H and O–H groups in total. The van der Waals surface area contributed by atoms with Crippen LogP contribution in [0.4, 0.5) is 0 Å². The summed E-state index contributed by atoms with van der Waals surface area (Å²) < 4.78 is 24.8. The summed E-state index contributed by atoms with van der Waals surface area (Å²) in [4.78, 5) is 3.91. The van der Waals surface area contributed by atoms with Gasteiger partial charge in [-0.3, -0.25) is 4.98 Å². The summed E-state index contributed by atoms with van der Waals surface area (Å²) in [6, 6.07) is 2.98. The first kappa shape index (κ1) is 13.1. The summed E-state index contributed by atoms with van der Waals surface area (Å²) in [5, 5.41) is 0. The van der Waals surface area contributed by atoms with E-state index in [1.165, 1.54) is 4.31 Å². The van der Waals surface area contributed by atoms with E-state index < -0.39 is 16.1 Å². The van der Waals surface area contributed by atoms with E-state index in [1.807, 2.05) is 0 Å². The van der Waals surface area contributed by atoms with Crippen LogP contribution in [-0.2, 0) is 10.0 Å². The number of nitrogens with zero attached hydrogens (tertiary/aromatic N) is 2. The molecule has 90 valence electrons. The quantitative estimate of drug-likeness (QED) is 0.810. The van der Waals surface area contributed by atoms with Crippen LogP contribution in [0.5, 0.6) is 0 Å². The first-order valence-electron chi connectivity index (χ1n) is 5.07. The first-order valence-corrected chi connectivity index (χ1v) is 6.67. The van der Waals surface area contributed by atoms with Gasteiger partial charge in [0.2, 0.25) is 10.0 Å². The van der Waals surface area contributed by atoms with E-state index in [2.05, 4.69) is 4.98 Å². The second kappa shape index (κ2) is 5.38. The molecular formula is C10H17N3O2S. The van der Waals surface area contributed by atoms with Crippen LogP contribution in [-0.4, -0.2) is 37.1 Å². The van der Waals surface area contributed by atoms with Gasteiger partial charge in [-0.2, -0.15) is 0 Å². The van der Waals surface area contributed by atoms with Gasteiger partial charge < -0.3 is 5.73 Å². The number of nitrogens with two attached hydrogens (primary N) is 1. The van der Waals surface area contributed by atoms with Crippen molar-refractivity contribution < 1.29 is 8.42 Å². The SMILES string of the molecule is CCN(C)S(=O)(=O)CC(N)c1cccnc1. The van der Waals surface area contributed by atoms with Gasteiger partial charge in [0, 0.05) is 32.0 Å². The zero-order valence-electron chi connectivity index (χ0n) is 9.50. The lowest BCUT2D eigenvalue weighted by molar-refractivity contribution is 0.482. The Balaban J connectivity index is 2.76. The van der Waals surface area contributed by atoms with Crippen LogP contribution in [0.2, 0.25) is 0 Å². The van der Waals surface area contributed by atoms with Gasteiger partial charge in [-0.05, 0) is 11.6 Å². The molecule has 0 spiro atoms. The average Bonchev–Trinajstić information content (AvgIpc) is 2.28. The third-order valence-electron chi connectivity index (χ3n) is 2.42. The van der Waals surface area contributed by atoms with Gasteiger partial charge in [0.05, 0.1) is 5.75 Å². The van der Waals surface area contributed by atoms with Crippen molar-refractivity contribution in [2.75, 3.05) is 19.3 Å². The number of hydrogen-bond donors (Lipinski definition) is 1. The number of pyridine rings is 1. The topological polar surface area (TPSA) is 76.3 Å². The first-order chi connectivity index (χ1) is 7.47. The molecule has 0 aromatic carbocycles. The number of rotatable bonds is 5. The lowest BCUT2D eigenvalue weighted by Gasteiger charge is -2.18. The zero-order chi connectivity index (χ0) is 12.2. The zero-order valence-corrected chi connectivity index (χ0v) is 10.3. The van der Waals surface area contributed by atoms with Crippen molar-refractivity contribution in [3.8, 4) is 0 Å². The molecule has 1 rings (SSSR count). The molecule has 1 unspecified atom stereocenters. The molecule has 0 saturated heterocycles. The Morgan fingerprint density at radius 1 is 1.56 bits per heavy atom. The highest BCUT2D eigenvalue weighted by Gasteiger charge is 2.21. The molecule has 0 aliphatic carbocycles. The standard InChI is InChI=1S/C10H17N3O2S/c1-3-13(2)16(14,15)8-10(11)9-5-4-6-12-7-9/h4-7,10H,3,8,11H2,1-2H3. The largest absolute Gasteiger partial charge is 0.323 e. The normalized spacial score (nSPS) is 14.0. The third kappa shape index (κ3) is 3.26. The fourth-order valence-electron chi connectivity index (χ4n) is 1.24. The summed E-state index contributed by atoms with van der Waals surface area (Å²) >= 11 is 0. The van der Waals surface area contributed by atoms with Gasteiger partial charge in [-0.25, -0.2) is 12.7 Å². The van der Waals surface area contributed by atoms with Gasteiger partial charge in [0.15, 0.2) is 0 Å². The van der Waals surface area contributed by atoms with Crippen LogP contribution in [0.25, 0.3) is 0 Å². The molecule has 6 heteroatoms. The lowest BCUT2D eigenvalue weighted by atomic mass is 10.2. The predicted molar refractivity (Wildman–Crippen MR) is 63.3 cm³/mol. The Bertz CT molecular complexity index is 419. The second-order valence-electron chi connectivity index (χ2n) is 3.59. The molecule has 1 aromatic rings. The molecule has 0 amide bonds. The second-order valence-corrected chi connectivity index (χ2v) is 5.71. The Morgan fingerprint density at radius 2 is 2.25 bits per heavy atom. The molecule has 1 heterocycles. The maximum atomic E-state index is 11.8. The van der Waals surface area contributed by atoms with Crippen LogP contribution < -0.4 is 5.73 Å². The van der Waals surface area contributed by atoms with Crippen molar-refractivity contribution in [3.05, 3.63) is 30.1 Å². The van der Waals surface area contributed by atoms with E-state index >= 15 is 0 Å². The average molecular weight is 243 g/mol. The molecule has 16 heavy (non-hydrogen) atoms. The van der Waals surface area contributed by atoms with Crippen LogP contribution in [0.1, 0.15) is 18.5 Å². The van der Waals surface area contributed by atoms with Crippen LogP contribution in [0.15, 0.2) is 24.5 Å². The van der Waals surface area contributed by atoms with Crippen LogP contribution in [0.3, 0.4) is 0 Å². The maximum Gasteiger partial charge on any atom is 0.215 e. The highest BCUT2D eigenvalue weighted by molar-refractivity contribution is 7.89. The third-order valence-corrected chi connectivity index (χ3v) is 4.41. The minimum atomic E-state index is -3.28. The van der Waals surface area contributed by atoms with Gasteiger partial charge >= 0.3 is 0 Å². The minimum absolute atomic E-state index is 0.0942. The van der Waals surface area contributed by atoms with E-state index in [-0.39, 0.29) is 5.75 Å².